The Bertz CT molecular complexity index is 492. The number of fused-ring (bicyclic) bond motifs is 1. The Morgan fingerprint density at radius 1 is 1.35 bits per heavy atom. The maximum atomic E-state index is 12.5. The van der Waals surface area contributed by atoms with Gasteiger partial charge < -0.3 is 15.5 Å². The Morgan fingerprint density at radius 3 is 2.95 bits per heavy atom. The second kappa shape index (κ2) is 5.94. The maximum Gasteiger partial charge on any atom is 0.251 e. The zero-order valence-corrected chi connectivity index (χ0v) is 12.1. The predicted molar refractivity (Wildman–Crippen MR) is 79.8 cm³/mol. The molecule has 1 amide bonds. The lowest BCUT2D eigenvalue weighted by atomic mass is 9.94. The van der Waals surface area contributed by atoms with Crippen molar-refractivity contribution in [1.29, 1.82) is 0 Å². The molecular weight excluding hydrogens is 250 g/mol. The highest BCUT2D eigenvalue weighted by Crippen LogP contribution is 2.19. The number of amides is 1. The van der Waals surface area contributed by atoms with Crippen LogP contribution in [0.3, 0.4) is 0 Å². The fourth-order valence-corrected chi connectivity index (χ4v) is 3.16. The van der Waals surface area contributed by atoms with Crippen molar-refractivity contribution in [3.63, 3.8) is 0 Å². The summed E-state index contributed by atoms with van der Waals surface area (Å²) in [6.45, 7) is 3.99. The topological polar surface area (TPSA) is 44.4 Å². The van der Waals surface area contributed by atoms with Crippen LogP contribution >= 0.6 is 0 Å². The first-order chi connectivity index (χ1) is 9.74. The Balaban J connectivity index is 1.71. The summed E-state index contributed by atoms with van der Waals surface area (Å²) in [5.74, 6) is 0.110. The van der Waals surface area contributed by atoms with E-state index in [1.54, 1.807) is 0 Å². The highest BCUT2D eigenvalue weighted by atomic mass is 16.1. The summed E-state index contributed by atoms with van der Waals surface area (Å²) >= 11 is 0. The lowest BCUT2D eigenvalue weighted by Crippen LogP contribution is -2.43. The summed E-state index contributed by atoms with van der Waals surface area (Å²) < 4.78 is 0. The van der Waals surface area contributed by atoms with Gasteiger partial charge in [0.15, 0.2) is 0 Å². The summed E-state index contributed by atoms with van der Waals surface area (Å²) in [7, 11) is 2.14. The summed E-state index contributed by atoms with van der Waals surface area (Å²) in [4.78, 5) is 14.8. The second-order valence-corrected chi connectivity index (χ2v) is 5.92. The van der Waals surface area contributed by atoms with Crippen LogP contribution < -0.4 is 10.6 Å². The fraction of sp³-hybridized carbons (Fsp3) is 0.562. The van der Waals surface area contributed by atoms with Gasteiger partial charge in [0, 0.05) is 18.2 Å². The first-order valence-corrected chi connectivity index (χ1v) is 7.55. The van der Waals surface area contributed by atoms with Crippen molar-refractivity contribution in [3.05, 3.63) is 34.9 Å². The molecule has 2 aliphatic rings. The van der Waals surface area contributed by atoms with Gasteiger partial charge in [0.25, 0.3) is 5.91 Å². The number of hydrogen-bond acceptors (Lipinski definition) is 3. The van der Waals surface area contributed by atoms with Gasteiger partial charge in [-0.1, -0.05) is 12.1 Å². The standard InChI is InChI=1S/C16H23N3O/c1-19-9-6-13(7-10-19)18-16(20)15-4-2-3-12-11-17-8-5-14(12)15/h2-4,13,17H,5-11H2,1H3,(H,18,20). The van der Waals surface area contributed by atoms with E-state index in [-0.39, 0.29) is 5.91 Å². The molecule has 0 bridgehead atoms. The van der Waals surface area contributed by atoms with Crippen molar-refractivity contribution in [2.75, 3.05) is 26.7 Å². The number of carbonyl (C=O) groups is 1. The van der Waals surface area contributed by atoms with Gasteiger partial charge in [-0.15, -0.1) is 0 Å². The minimum absolute atomic E-state index is 0.110. The molecule has 1 saturated heterocycles. The third-order valence-corrected chi connectivity index (χ3v) is 4.44. The van der Waals surface area contributed by atoms with Crippen molar-refractivity contribution in [3.8, 4) is 0 Å². The molecule has 0 aliphatic carbocycles. The molecule has 20 heavy (non-hydrogen) atoms. The van der Waals surface area contributed by atoms with Crippen molar-refractivity contribution < 1.29 is 4.79 Å². The number of rotatable bonds is 2. The van der Waals surface area contributed by atoms with Gasteiger partial charge in [-0.05, 0) is 63.1 Å². The SMILES string of the molecule is CN1CCC(NC(=O)c2cccc3c2CCNC3)CC1. The van der Waals surface area contributed by atoms with Gasteiger partial charge >= 0.3 is 0 Å². The highest BCUT2D eigenvalue weighted by molar-refractivity contribution is 5.96. The largest absolute Gasteiger partial charge is 0.349 e. The number of nitrogens with zero attached hydrogens (tertiary/aromatic N) is 1. The monoisotopic (exact) mass is 273 g/mol. The van der Waals surface area contributed by atoms with E-state index in [1.807, 2.05) is 12.1 Å². The number of hydrogen-bond donors (Lipinski definition) is 2. The molecule has 0 atom stereocenters. The van der Waals surface area contributed by atoms with E-state index < -0.39 is 0 Å². The van der Waals surface area contributed by atoms with Gasteiger partial charge in [-0.3, -0.25) is 4.79 Å². The number of piperidine rings is 1. The van der Waals surface area contributed by atoms with Crippen LogP contribution in [-0.2, 0) is 13.0 Å². The predicted octanol–water partition coefficient (Wildman–Crippen LogP) is 1.16. The summed E-state index contributed by atoms with van der Waals surface area (Å²) in [5, 5.41) is 6.58. The summed E-state index contributed by atoms with van der Waals surface area (Å²) in [6, 6.07) is 6.41. The Morgan fingerprint density at radius 2 is 2.15 bits per heavy atom. The molecule has 108 valence electrons. The fourth-order valence-electron chi connectivity index (χ4n) is 3.16. The molecule has 0 saturated carbocycles. The van der Waals surface area contributed by atoms with E-state index in [2.05, 4.69) is 28.6 Å². The van der Waals surface area contributed by atoms with Crippen LogP contribution in [0, 0.1) is 0 Å². The van der Waals surface area contributed by atoms with Crippen LogP contribution in [0.5, 0.6) is 0 Å². The Kier molecular flexibility index (Phi) is 4.03. The average Bonchev–Trinajstić information content (AvgIpc) is 2.49. The zero-order chi connectivity index (χ0) is 13.9. The molecule has 1 aromatic rings. The zero-order valence-electron chi connectivity index (χ0n) is 12.1. The average molecular weight is 273 g/mol. The number of nitrogens with one attached hydrogen (secondary N) is 2. The molecule has 0 unspecified atom stereocenters. The van der Waals surface area contributed by atoms with Crippen molar-refractivity contribution in [2.45, 2.75) is 31.8 Å². The van der Waals surface area contributed by atoms with Gasteiger partial charge in [0.05, 0.1) is 0 Å². The van der Waals surface area contributed by atoms with Crippen molar-refractivity contribution in [2.24, 2.45) is 0 Å². The third-order valence-electron chi connectivity index (χ3n) is 4.44. The van der Waals surface area contributed by atoms with Gasteiger partial charge in [0.2, 0.25) is 0 Å². The molecule has 0 aromatic heterocycles. The number of likely N-dealkylation sites (tertiary alicyclic amines) is 1. The number of benzene rings is 1. The van der Waals surface area contributed by atoms with E-state index in [0.29, 0.717) is 6.04 Å². The minimum atomic E-state index is 0.110. The van der Waals surface area contributed by atoms with Crippen molar-refractivity contribution >= 4 is 5.91 Å². The molecule has 4 nitrogen and oxygen atoms in total. The molecule has 3 rings (SSSR count). The molecule has 0 spiro atoms. The third kappa shape index (κ3) is 2.86. The van der Waals surface area contributed by atoms with Crippen LogP contribution in [0.1, 0.15) is 34.3 Å². The molecule has 1 fully saturated rings. The van der Waals surface area contributed by atoms with Gasteiger partial charge in [-0.25, -0.2) is 0 Å². The molecule has 2 N–H and O–H groups in total. The second-order valence-electron chi connectivity index (χ2n) is 5.92. The molecule has 1 aromatic carbocycles. The van der Waals surface area contributed by atoms with Gasteiger partial charge in [0.1, 0.15) is 0 Å². The quantitative estimate of drug-likeness (QED) is 0.850. The molecule has 2 aliphatic heterocycles. The van der Waals surface area contributed by atoms with E-state index >= 15 is 0 Å². The molecule has 0 radical (unpaired) electrons. The Labute approximate surface area is 120 Å². The normalized spacial score (nSPS) is 20.4. The van der Waals surface area contributed by atoms with Crippen LogP contribution in [0.15, 0.2) is 18.2 Å². The number of carbonyl (C=O) groups excluding carboxylic acids is 1. The lowest BCUT2D eigenvalue weighted by molar-refractivity contribution is 0.0915. The van der Waals surface area contributed by atoms with Gasteiger partial charge in [-0.2, -0.15) is 0 Å². The maximum absolute atomic E-state index is 12.5. The lowest BCUT2D eigenvalue weighted by Gasteiger charge is -2.30. The Hall–Kier alpha value is -1.39. The van der Waals surface area contributed by atoms with Crippen LogP contribution in [0.2, 0.25) is 0 Å². The first kappa shape index (κ1) is 13.6. The molecular formula is C16H23N3O. The van der Waals surface area contributed by atoms with Crippen LogP contribution in [-0.4, -0.2) is 43.5 Å². The molecule has 2 heterocycles. The van der Waals surface area contributed by atoms with E-state index in [0.717, 1.165) is 51.0 Å². The highest BCUT2D eigenvalue weighted by Gasteiger charge is 2.22. The minimum Gasteiger partial charge on any atom is -0.349 e. The van der Waals surface area contributed by atoms with Crippen LogP contribution in [0.4, 0.5) is 0 Å². The van der Waals surface area contributed by atoms with E-state index in [4.69, 9.17) is 0 Å². The van der Waals surface area contributed by atoms with Crippen LogP contribution in [0.25, 0.3) is 0 Å². The van der Waals surface area contributed by atoms with Crippen molar-refractivity contribution in [1.82, 2.24) is 15.5 Å². The first-order valence-electron chi connectivity index (χ1n) is 7.55. The molecule has 4 heteroatoms. The summed E-state index contributed by atoms with van der Waals surface area (Å²) in [5.41, 5.74) is 3.38. The summed E-state index contributed by atoms with van der Waals surface area (Å²) in [6.07, 6.45) is 3.06. The van der Waals surface area contributed by atoms with E-state index in [1.165, 1.54) is 11.1 Å². The smallest absolute Gasteiger partial charge is 0.251 e. The van der Waals surface area contributed by atoms with E-state index in [9.17, 15) is 4.79 Å².